The molecule has 2 N–H and O–H groups in total. The van der Waals surface area contributed by atoms with Crippen LogP contribution in [0.4, 0.5) is 0 Å². The van der Waals surface area contributed by atoms with Gasteiger partial charge in [-0.3, -0.25) is 0 Å². The van der Waals surface area contributed by atoms with E-state index >= 15 is 0 Å². The molecular formula is C20H18O2. The van der Waals surface area contributed by atoms with Crippen LogP contribution in [0.15, 0.2) is 60.7 Å². The Bertz CT molecular complexity index is 764. The summed E-state index contributed by atoms with van der Waals surface area (Å²) in [6, 6.07) is 19.2. The number of para-hydroxylation sites is 2. The normalized spacial score (nSPS) is 10.6. The molecule has 0 unspecified atom stereocenters. The van der Waals surface area contributed by atoms with Crippen LogP contribution in [0.2, 0.25) is 0 Å². The summed E-state index contributed by atoms with van der Waals surface area (Å²) in [5, 5.41) is 20.8. The molecule has 110 valence electrons. The summed E-state index contributed by atoms with van der Waals surface area (Å²) < 4.78 is 0. The molecule has 0 aliphatic rings. The standard InChI is InChI=1S/C20H18O2/c1-13-7-5-11-17(19(13)21)15-9-3-4-10-16(15)18-12-6-8-14(2)20(18)22/h3-12,21-22H,1-2H3. The summed E-state index contributed by atoms with van der Waals surface area (Å²) >= 11 is 0. The first-order valence-electron chi connectivity index (χ1n) is 7.26. The summed E-state index contributed by atoms with van der Waals surface area (Å²) in [5.41, 5.74) is 5.03. The molecule has 0 saturated carbocycles. The predicted octanol–water partition coefficient (Wildman–Crippen LogP) is 5.05. The molecular weight excluding hydrogens is 272 g/mol. The average molecular weight is 290 g/mol. The van der Waals surface area contributed by atoms with Crippen molar-refractivity contribution < 1.29 is 10.2 Å². The van der Waals surface area contributed by atoms with Crippen LogP contribution in [0.3, 0.4) is 0 Å². The number of rotatable bonds is 2. The molecule has 3 aromatic carbocycles. The summed E-state index contributed by atoms with van der Waals surface area (Å²) in [4.78, 5) is 0. The lowest BCUT2D eigenvalue weighted by atomic mass is 9.92. The Morgan fingerprint density at radius 1 is 0.500 bits per heavy atom. The molecule has 22 heavy (non-hydrogen) atoms. The molecule has 3 aromatic rings. The average Bonchev–Trinajstić information content (AvgIpc) is 2.53. The van der Waals surface area contributed by atoms with Crippen molar-refractivity contribution in [3.8, 4) is 33.8 Å². The number of hydrogen-bond acceptors (Lipinski definition) is 2. The van der Waals surface area contributed by atoms with Crippen LogP contribution in [-0.2, 0) is 0 Å². The van der Waals surface area contributed by atoms with Gasteiger partial charge in [-0.15, -0.1) is 0 Å². The smallest absolute Gasteiger partial charge is 0.126 e. The fourth-order valence-corrected chi connectivity index (χ4v) is 2.71. The Hall–Kier alpha value is -2.74. The second-order valence-electron chi connectivity index (χ2n) is 5.49. The molecule has 0 aliphatic heterocycles. The van der Waals surface area contributed by atoms with Crippen LogP contribution in [0, 0.1) is 13.8 Å². The molecule has 0 heterocycles. The van der Waals surface area contributed by atoms with Crippen molar-refractivity contribution in [2.24, 2.45) is 0 Å². The highest BCUT2D eigenvalue weighted by molar-refractivity contribution is 5.88. The third kappa shape index (κ3) is 2.33. The van der Waals surface area contributed by atoms with E-state index in [9.17, 15) is 10.2 Å². The van der Waals surface area contributed by atoms with Crippen molar-refractivity contribution in [3.05, 3.63) is 71.8 Å². The summed E-state index contributed by atoms with van der Waals surface area (Å²) in [6.07, 6.45) is 0. The van der Waals surface area contributed by atoms with Gasteiger partial charge < -0.3 is 10.2 Å². The zero-order chi connectivity index (χ0) is 15.7. The second kappa shape index (κ2) is 5.57. The van der Waals surface area contributed by atoms with Gasteiger partial charge in [-0.25, -0.2) is 0 Å². The number of aromatic hydroxyl groups is 2. The number of benzene rings is 3. The molecule has 0 spiro atoms. The molecule has 0 fully saturated rings. The van der Waals surface area contributed by atoms with E-state index in [2.05, 4.69) is 0 Å². The van der Waals surface area contributed by atoms with Gasteiger partial charge in [0.1, 0.15) is 11.5 Å². The van der Waals surface area contributed by atoms with Crippen LogP contribution in [0.1, 0.15) is 11.1 Å². The van der Waals surface area contributed by atoms with Gasteiger partial charge in [0, 0.05) is 11.1 Å². The first kappa shape index (κ1) is 14.2. The highest BCUT2D eigenvalue weighted by Gasteiger charge is 2.14. The SMILES string of the molecule is Cc1cccc(-c2ccccc2-c2cccc(C)c2O)c1O. The monoisotopic (exact) mass is 290 g/mol. The van der Waals surface area contributed by atoms with Gasteiger partial charge in [0.15, 0.2) is 0 Å². The van der Waals surface area contributed by atoms with Crippen molar-refractivity contribution in [1.82, 2.24) is 0 Å². The number of phenolic OH excluding ortho intramolecular Hbond substituents is 2. The van der Waals surface area contributed by atoms with E-state index in [4.69, 9.17) is 0 Å². The third-order valence-corrected chi connectivity index (χ3v) is 3.98. The Morgan fingerprint density at radius 3 is 1.27 bits per heavy atom. The van der Waals surface area contributed by atoms with Crippen molar-refractivity contribution >= 4 is 0 Å². The van der Waals surface area contributed by atoms with Crippen molar-refractivity contribution in [2.75, 3.05) is 0 Å². The maximum atomic E-state index is 10.4. The molecule has 0 aromatic heterocycles. The summed E-state index contributed by atoms with van der Waals surface area (Å²) in [6.45, 7) is 3.76. The highest BCUT2D eigenvalue weighted by atomic mass is 16.3. The molecule has 3 rings (SSSR count). The Morgan fingerprint density at radius 2 is 0.864 bits per heavy atom. The molecule has 2 nitrogen and oxygen atoms in total. The first-order chi connectivity index (χ1) is 10.6. The van der Waals surface area contributed by atoms with E-state index in [0.29, 0.717) is 0 Å². The van der Waals surface area contributed by atoms with Crippen molar-refractivity contribution in [3.63, 3.8) is 0 Å². The largest absolute Gasteiger partial charge is 0.507 e. The number of aryl methyl sites for hydroxylation is 2. The summed E-state index contributed by atoms with van der Waals surface area (Å²) in [5.74, 6) is 0.559. The predicted molar refractivity (Wildman–Crippen MR) is 90.1 cm³/mol. The van der Waals surface area contributed by atoms with Crippen LogP contribution in [-0.4, -0.2) is 10.2 Å². The van der Waals surface area contributed by atoms with Gasteiger partial charge in [0.05, 0.1) is 0 Å². The number of phenols is 2. The minimum Gasteiger partial charge on any atom is -0.507 e. The van der Waals surface area contributed by atoms with E-state index in [-0.39, 0.29) is 11.5 Å². The van der Waals surface area contributed by atoms with E-state index in [0.717, 1.165) is 33.4 Å². The van der Waals surface area contributed by atoms with Crippen LogP contribution in [0.5, 0.6) is 11.5 Å². The topological polar surface area (TPSA) is 40.5 Å². The molecule has 0 atom stereocenters. The van der Waals surface area contributed by atoms with Crippen LogP contribution >= 0.6 is 0 Å². The van der Waals surface area contributed by atoms with E-state index in [1.54, 1.807) is 0 Å². The fraction of sp³-hybridized carbons (Fsp3) is 0.100. The van der Waals surface area contributed by atoms with Gasteiger partial charge in [0.25, 0.3) is 0 Å². The maximum Gasteiger partial charge on any atom is 0.126 e. The molecule has 0 radical (unpaired) electrons. The Labute approximate surface area is 130 Å². The van der Waals surface area contributed by atoms with Gasteiger partial charge in [-0.1, -0.05) is 60.7 Å². The molecule has 0 amide bonds. The number of hydrogen-bond donors (Lipinski definition) is 2. The minimum atomic E-state index is 0.280. The Kier molecular flexibility index (Phi) is 3.60. The van der Waals surface area contributed by atoms with Crippen molar-refractivity contribution in [1.29, 1.82) is 0 Å². The lowest BCUT2D eigenvalue weighted by Gasteiger charge is -2.14. The van der Waals surface area contributed by atoms with Gasteiger partial charge in [-0.2, -0.15) is 0 Å². The summed E-state index contributed by atoms with van der Waals surface area (Å²) in [7, 11) is 0. The van der Waals surface area contributed by atoms with Gasteiger partial charge in [-0.05, 0) is 36.1 Å². The lowest BCUT2D eigenvalue weighted by molar-refractivity contribution is 0.472. The molecule has 0 saturated heterocycles. The van der Waals surface area contributed by atoms with Gasteiger partial charge in [0.2, 0.25) is 0 Å². The second-order valence-corrected chi connectivity index (χ2v) is 5.49. The highest BCUT2D eigenvalue weighted by Crippen LogP contribution is 2.41. The van der Waals surface area contributed by atoms with E-state index in [1.165, 1.54) is 0 Å². The zero-order valence-electron chi connectivity index (χ0n) is 12.7. The maximum absolute atomic E-state index is 10.4. The zero-order valence-corrected chi connectivity index (χ0v) is 12.7. The van der Waals surface area contributed by atoms with Crippen LogP contribution in [0.25, 0.3) is 22.3 Å². The molecule has 0 bridgehead atoms. The minimum absolute atomic E-state index is 0.280. The van der Waals surface area contributed by atoms with Gasteiger partial charge >= 0.3 is 0 Å². The molecule has 0 aliphatic carbocycles. The van der Waals surface area contributed by atoms with E-state index < -0.39 is 0 Å². The van der Waals surface area contributed by atoms with Crippen molar-refractivity contribution in [2.45, 2.75) is 13.8 Å². The fourth-order valence-electron chi connectivity index (χ4n) is 2.71. The molecule has 2 heteroatoms. The van der Waals surface area contributed by atoms with E-state index in [1.807, 2.05) is 74.5 Å². The lowest BCUT2D eigenvalue weighted by Crippen LogP contribution is -1.88. The first-order valence-corrected chi connectivity index (χ1v) is 7.26. The third-order valence-electron chi connectivity index (χ3n) is 3.98. The van der Waals surface area contributed by atoms with Crippen LogP contribution < -0.4 is 0 Å². The quantitative estimate of drug-likeness (QED) is 0.693. The Balaban J connectivity index is 2.28.